The van der Waals surface area contributed by atoms with Crippen molar-refractivity contribution in [2.45, 2.75) is 57.2 Å². The van der Waals surface area contributed by atoms with Gasteiger partial charge in [0.1, 0.15) is 6.61 Å². The summed E-state index contributed by atoms with van der Waals surface area (Å²) in [6.07, 6.45) is 3.56. The quantitative estimate of drug-likeness (QED) is 0.879. The van der Waals surface area contributed by atoms with E-state index in [1.165, 1.54) is 25.5 Å². The summed E-state index contributed by atoms with van der Waals surface area (Å²) in [6, 6.07) is 6.73. The van der Waals surface area contributed by atoms with Gasteiger partial charge in [0.25, 0.3) is 0 Å². The average Bonchev–Trinajstić information content (AvgIpc) is 3.45. The molecule has 1 amide bonds. The van der Waals surface area contributed by atoms with Crippen molar-refractivity contribution in [2.24, 2.45) is 5.92 Å². The Kier molecular flexibility index (Phi) is 4.40. The molecule has 0 spiro atoms. The van der Waals surface area contributed by atoms with Gasteiger partial charge in [0, 0.05) is 31.8 Å². The van der Waals surface area contributed by atoms with Crippen molar-refractivity contribution in [2.75, 3.05) is 20.3 Å². The van der Waals surface area contributed by atoms with Crippen LogP contribution in [0.15, 0.2) is 18.2 Å². The molecule has 140 valence electrons. The van der Waals surface area contributed by atoms with Crippen molar-refractivity contribution in [3.05, 3.63) is 34.9 Å². The van der Waals surface area contributed by atoms with Gasteiger partial charge in [-0.2, -0.15) is 0 Å². The van der Waals surface area contributed by atoms with Crippen LogP contribution in [-0.2, 0) is 21.5 Å². The van der Waals surface area contributed by atoms with Crippen LogP contribution in [0.3, 0.4) is 0 Å². The highest BCUT2D eigenvalue weighted by molar-refractivity contribution is 6.03. The fourth-order valence-corrected chi connectivity index (χ4v) is 4.87. The maximum absolute atomic E-state index is 13.3. The van der Waals surface area contributed by atoms with Crippen LogP contribution < -0.4 is 5.32 Å². The second kappa shape index (κ2) is 6.46. The monoisotopic (exact) mass is 356 g/mol. The number of methoxy groups -OCH3 is 1. The number of Topliss-reactive ketones (excluding diaryl/α,β-unsaturated/α-hetero) is 1. The van der Waals surface area contributed by atoms with Crippen LogP contribution in [0.1, 0.15) is 54.6 Å². The second-order valence-corrected chi connectivity index (χ2v) is 8.32. The Bertz CT molecular complexity index is 743. The largest absolute Gasteiger partial charge is 0.375 e. The molecular formula is C21H28N2O3. The zero-order chi connectivity index (χ0) is 18.5. The number of benzene rings is 1. The molecule has 5 nitrogen and oxygen atoms in total. The Balaban J connectivity index is 1.63. The standard InChI is InChI=1S/C21H28N2O3/c1-13-19-20(25)16-7-4-14(11-22-18(24)12-26-3)10-17(16)21(13,2)8-9-23(19)15-5-6-15/h4,7,10,13,15,19H,5-6,8-9,11-12H2,1-3H3,(H,22,24)/t13-,19-,21-/m0/s1. The molecule has 1 aromatic carbocycles. The van der Waals surface area contributed by atoms with E-state index >= 15 is 0 Å². The molecule has 0 aromatic heterocycles. The fourth-order valence-electron chi connectivity index (χ4n) is 4.87. The number of carbonyl (C=O) groups is 2. The first-order chi connectivity index (χ1) is 12.5. The Morgan fingerprint density at radius 3 is 2.85 bits per heavy atom. The summed E-state index contributed by atoms with van der Waals surface area (Å²) in [5, 5.41) is 2.87. The molecule has 1 N–H and O–H groups in total. The lowest BCUT2D eigenvalue weighted by molar-refractivity contribution is -0.124. The Hall–Kier alpha value is -1.72. The van der Waals surface area contributed by atoms with E-state index in [4.69, 9.17) is 4.74 Å². The zero-order valence-electron chi connectivity index (χ0n) is 15.9. The number of amides is 1. The van der Waals surface area contributed by atoms with Crippen molar-refractivity contribution < 1.29 is 14.3 Å². The van der Waals surface area contributed by atoms with Crippen LogP contribution in [0.25, 0.3) is 0 Å². The third kappa shape index (κ3) is 2.78. The Labute approximate surface area is 155 Å². The molecule has 1 aromatic rings. The number of hydrogen-bond acceptors (Lipinski definition) is 4. The molecule has 26 heavy (non-hydrogen) atoms. The summed E-state index contributed by atoms with van der Waals surface area (Å²) >= 11 is 0. The number of ketones is 1. The fraction of sp³-hybridized carbons (Fsp3) is 0.619. The van der Waals surface area contributed by atoms with Gasteiger partial charge in [-0.1, -0.05) is 32.0 Å². The number of hydrogen-bond donors (Lipinski definition) is 1. The summed E-state index contributed by atoms with van der Waals surface area (Å²) in [7, 11) is 1.51. The van der Waals surface area contributed by atoms with E-state index in [9.17, 15) is 9.59 Å². The van der Waals surface area contributed by atoms with Gasteiger partial charge in [0.05, 0.1) is 6.04 Å². The number of likely N-dealkylation sites (tertiary alicyclic amines) is 1. The normalized spacial score (nSPS) is 30.8. The number of ether oxygens (including phenoxy) is 1. The van der Waals surface area contributed by atoms with Crippen LogP contribution in [0.2, 0.25) is 0 Å². The number of nitrogens with zero attached hydrogens (tertiary/aromatic N) is 1. The van der Waals surface area contributed by atoms with Gasteiger partial charge in [0.15, 0.2) is 5.78 Å². The predicted octanol–water partition coefficient (Wildman–Crippen LogP) is 2.28. The van der Waals surface area contributed by atoms with Crippen molar-refractivity contribution in [1.82, 2.24) is 10.2 Å². The van der Waals surface area contributed by atoms with E-state index in [2.05, 4.69) is 30.1 Å². The van der Waals surface area contributed by atoms with Crippen molar-refractivity contribution in [1.29, 1.82) is 0 Å². The van der Waals surface area contributed by atoms with Crippen LogP contribution in [-0.4, -0.2) is 48.9 Å². The van der Waals surface area contributed by atoms with Gasteiger partial charge in [-0.05, 0) is 41.7 Å². The van der Waals surface area contributed by atoms with E-state index in [1.54, 1.807) is 0 Å². The van der Waals surface area contributed by atoms with E-state index in [0.29, 0.717) is 18.5 Å². The number of piperidine rings is 1. The molecule has 4 rings (SSSR count). The molecule has 3 atom stereocenters. The topological polar surface area (TPSA) is 58.6 Å². The molecule has 2 aliphatic carbocycles. The lowest BCUT2D eigenvalue weighted by Crippen LogP contribution is -2.61. The minimum Gasteiger partial charge on any atom is -0.375 e. The highest BCUT2D eigenvalue weighted by Gasteiger charge is 2.54. The highest BCUT2D eigenvalue weighted by atomic mass is 16.5. The Morgan fingerprint density at radius 2 is 2.15 bits per heavy atom. The Morgan fingerprint density at radius 1 is 1.38 bits per heavy atom. The first-order valence-corrected chi connectivity index (χ1v) is 9.64. The van der Waals surface area contributed by atoms with Crippen molar-refractivity contribution >= 4 is 11.7 Å². The summed E-state index contributed by atoms with van der Waals surface area (Å²) in [5.41, 5.74) is 3.11. The summed E-state index contributed by atoms with van der Waals surface area (Å²) in [4.78, 5) is 27.4. The molecule has 1 heterocycles. The van der Waals surface area contributed by atoms with Gasteiger partial charge in [-0.25, -0.2) is 0 Å². The molecule has 1 saturated carbocycles. The minimum atomic E-state index is -0.126. The van der Waals surface area contributed by atoms with Crippen LogP contribution >= 0.6 is 0 Å². The summed E-state index contributed by atoms with van der Waals surface area (Å²) in [6.45, 7) is 6.10. The molecule has 1 saturated heterocycles. The number of nitrogens with one attached hydrogen (secondary N) is 1. The molecular weight excluding hydrogens is 328 g/mol. The lowest BCUT2D eigenvalue weighted by atomic mass is 9.58. The summed E-state index contributed by atoms with van der Waals surface area (Å²) < 4.78 is 4.85. The maximum Gasteiger partial charge on any atom is 0.246 e. The molecule has 1 aliphatic heterocycles. The van der Waals surface area contributed by atoms with E-state index in [-0.39, 0.29) is 29.8 Å². The molecule has 0 unspecified atom stereocenters. The zero-order valence-corrected chi connectivity index (χ0v) is 15.9. The first kappa shape index (κ1) is 17.7. The lowest BCUT2D eigenvalue weighted by Gasteiger charge is -2.53. The third-order valence-corrected chi connectivity index (χ3v) is 6.74. The van der Waals surface area contributed by atoms with E-state index < -0.39 is 0 Å². The number of carbonyl (C=O) groups excluding carboxylic acids is 2. The van der Waals surface area contributed by atoms with Crippen LogP contribution in [0.5, 0.6) is 0 Å². The van der Waals surface area contributed by atoms with Gasteiger partial charge in [-0.15, -0.1) is 0 Å². The third-order valence-electron chi connectivity index (χ3n) is 6.74. The smallest absolute Gasteiger partial charge is 0.246 e. The number of rotatable bonds is 5. The van der Waals surface area contributed by atoms with Crippen LogP contribution in [0.4, 0.5) is 0 Å². The number of fused-ring (bicyclic) bond motifs is 4. The van der Waals surface area contributed by atoms with Gasteiger partial charge >= 0.3 is 0 Å². The van der Waals surface area contributed by atoms with E-state index in [0.717, 1.165) is 24.1 Å². The van der Waals surface area contributed by atoms with Crippen LogP contribution in [0, 0.1) is 5.92 Å². The van der Waals surface area contributed by atoms with Gasteiger partial charge < -0.3 is 10.1 Å². The van der Waals surface area contributed by atoms with Crippen molar-refractivity contribution in [3.63, 3.8) is 0 Å². The second-order valence-electron chi connectivity index (χ2n) is 8.32. The predicted molar refractivity (Wildman–Crippen MR) is 99.1 cm³/mol. The maximum atomic E-state index is 13.3. The molecule has 2 fully saturated rings. The highest BCUT2D eigenvalue weighted by Crippen LogP contribution is 2.50. The molecule has 3 aliphatic rings. The summed E-state index contributed by atoms with van der Waals surface area (Å²) in [5.74, 6) is 0.473. The van der Waals surface area contributed by atoms with Gasteiger partial charge in [-0.3, -0.25) is 14.5 Å². The minimum absolute atomic E-state index is 0.0197. The van der Waals surface area contributed by atoms with E-state index in [1.807, 2.05) is 12.1 Å². The molecule has 2 bridgehead atoms. The SMILES string of the molecule is COCC(=O)NCc1ccc2c(c1)[C@@]1(C)CCN(C3CC3)[C@H](C2=O)[C@@H]1C. The van der Waals surface area contributed by atoms with Gasteiger partial charge in [0.2, 0.25) is 5.91 Å². The first-order valence-electron chi connectivity index (χ1n) is 9.64. The average molecular weight is 356 g/mol. The molecule has 5 heteroatoms. The van der Waals surface area contributed by atoms with Crippen molar-refractivity contribution in [3.8, 4) is 0 Å². The molecule has 0 radical (unpaired) electrons.